The molecule has 0 saturated heterocycles. The van der Waals surface area contributed by atoms with Crippen LogP contribution in [-0.2, 0) is 0 Å². The maximum absolute atomic E-state index is 5.89. The molecule has 98 valence electrons. The number of hydrogen-bond acceptors (Lipinski definition) is 3. The molecule has 3 nitrogen and oxygen atoms in total. The van der Waals surface area contributed by atoms with E-state index < -0.39 is 0 Å². The number of rotatable bonds is 4. The summed E-state index contributed by atoms with van der Waals surface area (Å²) in [5.74, 6) is 0. The molecule has 18 heavy (non-hydrogen) atoms. The third-order valence-corrected chi connectivity index (χ3v) is 3.26. The van der Waals surface area contributed by atoms with Crippen LogP contribution in [0, 0.1) is 0 Å². The summed E-state index contributed by atoms with van der Waals surface area (Å²) in [5.41, 5.74) is 5.09. The Balaban J connectivity index is 2.88. The fourth-order valence-electron chi connectivity index (χ4n) is 1.45. The molecular weight excluding hydrogens is 266 g/mol. The largest absolute Gasteiger partial charge is 0.265 e. The molecule has 0 radical (unpaired) electrons. The van der Waals surface area contributed by atoms with Crippen LogP contribution in [0.5, 0.6) is 0 Å². The average molecular weight is 284 g/mol. The highest BCUT2D eigenvalue weighted by Gasteiger charge is 2.03. The first-order chi connectivity index (χ1) is 8.71. The Hall–Kier alpha value is -1.00. The van der Waals surface area contributed by atoms with Crippen LogP contribution in [0.15, 0.2) is 34.4 Å². The minimum Gasteiger partial charge on any atom is -0.265 e. The Morgan fingerprint density at radius 2 is 2.00 bits per heavy atom. The quantitative estimate of drug-likeness (QED) is 0.519. The number of hydrogen-bond donors (Lipinski definition) is 1. The Bertz CT molecular complexity index is 426. The van der Waals surface area contributed by atoms with Gasteiger partial charge in [0, 0.05) is 12.1 Å². The predicted octanol–water partition coefficient (Wildman–Crippen LogP) is 3.78. The number of thioether (sulfide) groups is 1. The van der Waals surface area contributed by atoms with Gasteiger partial charge in [0.15, 0.2) is 5.17 Å². The molecule has 1 aromatic carbocycles. The molecule has 0 atom stereocenters. The van der Waals surface area contributed by atoms with Gasteiger partial charge in [0.2, 0.25) is 0 Å². The summed E-state index contributed by atoms with van der Waals surface area (Å²) in [6.07, 6.45) is 3.92. The third kappa shape index (κ3) is 4.70. The smallest absolute Gasteiger partial charge is 0.176 e. The molecule has 0 amide bonds. The first kappa shape index (κ1) is 15.1. The highest BCUT2D eigenvalue weighted by molar-refractivity contribution is 8.13. The Labute approximate surface area is 118 Å². The lowest BCUT2D eigenvalue weighted by Gasteiger charge is -2.07. The van der Waals surface area contributed by atoms with Gasteiger partial charge in [-0.2, -0.15) is 5.10 Å². The van der Waals surface area contributed by atoms with Crippen LogP contribution in [0.2, 0.25) is 5.02 Å². The maximum Gasteiger partial charge on any atom is 0.176 e. The van der Waals surface area contributed by atoms with E-state index in [2.05, 4.69) is 22.4 Å². The van der Waals surface area contributed by atoms with Crippen LogP contribution >= 0.6 is 23.4 Å². The average Bonchev–Trinajstić information content (AvgIpc) is 2.39. The van der Waals surface area contributed by atoms with Crippen LogP contribution in [0.25, 0.3) is 0 Å². The Morgan fingerprint density at radius 1 is 1.33 bits per heavy atom. The summed E-state index contributed by atoms with van der Waals surface area (Å²) in [4.78, 5) is 4.09. The van der Waals surface area contributed by atoms with Gasteiger partial charge in [-0.3, -0.25) is 10.4 Å². The van der Waals surface area contributed by atoms with E-state index in [-0.39, 0.29) is 0 Å². The van der Waals surface area contributed by atoms with E-state index in [4.69, 9.17) is 11.6 Å². The first-order valence-corrected chi connectivity index (χ1v) is 7.40. The summed E-state index contributed by atoms with van der Waals surface area (Å²) >= 11 is 7.43. The van der Waals surface area contributed by atoms with Gasteiger partial charge >= 0.3 is 0 Å². The molecular formula is C13H18ClN3S. The highest BCUT2D eigenvalue weighted by Crippen LogP contribution is 2.12. The molecule has 1 rings (SSSR count). The number of benzene rings is 1. The van der Waals surface area contributed by atoms with E-state index in [0.717, 1.165) is 34.3 Å². The van der Waals surface area contributed by atoms with Crippen molar-refractivity contribution in [2.75, 3.05) is 13.3 Å². The Kier molecular flexibility index (Phi) is 6.83. The van der Waals surface area contributed by atoms with E-state index in [1.807, 2.05) is 30.5 Å². The molecule has 1 aromatic rings. The monoisotopic (exact) mass is 283 g/mol. The standard InChI is InChI=1S/C13H18ClN3S/c1-4-5-12(16-17-13(15-2)18-3)10-6-8-11(14)9-7-10/h6-9H,4-5H2,1-3H3,(H,15,17)/b16-12+. The summed E-state index contributed by atoms with van der Waals surface area (Å²) in [5, 5.41) is 5.97. The van der Waals surface area contributed by atoms with Gasteiger partial charge in [-0.05, 0) is 30.4 Å². The second-order valence-corrected chi connectivity index (χ2v) is 4.89. The van der Waals surface area contributed by atoms with Gasteiger partial charge < -0.3 is 0 Å². The zero-order chi connectivity index (χ0) is 13.4. The summed E-state index contributed by atoms with van der Waals surface area (Å²) in [6.45, 7) is 2.13. The van der Waals surface area contributed by atoms with Crippen LogP contribution in [0.3, 0.4) is 0 Å². The van der Waals surface area contributed by atoms with E-state index in [1.54, 1.807) is 7.05 Å². The molecule has 0 spiro atoms. The molecule has 0 aliphatic heterocycles. The molecule has 0 aliphatic carbocycles. The van der Waals surface area contributed by atoms with Crippen molar-refractivity contribution in [3.05, 3.63) is 34.9 Å². The normalized spacial score (nSPS) is 12.7. The highest BCUT2D eigenvalue weighted by atomic mass is 35.5. The minimum absolute atomic E-state index is 0.738. The first-order valence-electron chi connectivity index (χ1n) is 5.80. The van der Waals surface area contributed by atoms with Crippen LogP contribution in [0.4, 0.5) is 0 Å². The predicted molar refractivity (Wildman–Crippen MR) is 82.9 cm³/mol. The molecule has 0 saturated carbocycles. The SMILES string of the molecule is CCC/C(=N\NC(=NC)SC)c1ccc(Cl)cc1. The van der Waals surface area contributed by atoms with Crippen molar-refractivity contribution >= 4 is 34.2 Å². The van der Waals surface area contributed by atoms with Gasteiger partial charge in [-0.25, -0.2) is 0 Å². The summed E-state index contributed by atoms with van der Waals surface area (Å²) in [6, 6.07) is 7.73. The topological polar surface area (TPSA) is 36.8 Å². The van der Waals surface area contributed by atoms with Crippen molar-refractivity contribution in [2.24, 2.45) is 10.1 Å². The molecule has 0 heterocycles. The summed E-state index contributed by atoms with van der Waals surface area (Å²) < 4.78 is 0. The number of hydrazone groups is 1. The van der Waals surface area contributed by atoms with Gasteiger partial charge in [0.1, 0.15) is 0 Å². The van der Waals surface area contributed by atoms with Crippen molar-refractivity contribution in [1.29, 1.82) is 0 Å². The van der Waals surface area contributed by atoms with Crippen LogP contribution in [-0.4, -0.2) is 24.2 Å². The maximum atomic E-state index is 5.89. The molecule has 5 heteroatoms. The van der Waals surface area contributed by atoms with Gasteiger partial charge in [-0.15, -0.1) is 0 Å². The van der Waals surface area contributed by atoms with Crippen molar-refractivity contribution in [3.63, 3.8) is 0 Å². The van der Waals surface area contributed by atoms with Gasteiger partial charge in [0.05, 0.1) is 5.71 Å². The van der Waals surface area contributed by atoms with E-state index in [1.165, 1.54) is 11.8 Å². The molecule has 1 N–H and O–H groups in total. The number of halogens is 1. The van der Waals surface area contributed by atoms with Crippen LogP contribution < -0.4 is 5.43 Å². The van der Waals surface area contributed by atoms with E-state index >= 15 is 0 Å². The lowest BCUT2D eigenvalue weighted by atomic mass is 10.1. The van der Waals surface area contributed by atoms with Crippen molar-refractivity contribution < 1.29 is 0 Å². The number of nitrogens with one attached hydrogen (secondary N) is 1. The zero-order valence-corrected chi connectivity index (χ0v) is 12.5. The third-order valence-electron chi connectivity index (χ3n) is 2.35. The van der Waals surface area contributed by atoms with E-state index in [9.17, 15) is 0 Å². The second-order valence-electron chi connectivity index (χ2n) is 3.66. The van der Waals surface area contributed by atoms with Crippen molar-refractivity contribution in [3.8, 4) is 0 Å². The lowest BCUT2D eigenvalue weighted by Crippen LogP contribution is -2.16. The number of nitrogens with zero attached hydrogens (tertiary/aromatic N) is 2. The summed E-state index contributed by atoms with van der Waals surface area (Å²) in [7, 11) is 1.75. The second kappa shape index (κ2) is 8.16. The Morgan fingerprint density at radius 3 is 2.50 bits per heavy atom. The fourth-order valence-corrected chi connectivity index (χ4v) is 1.89. The number of amidine groups is 1. The molecule has 0 fully saturated rings. The van der Waals surface area contributed by atoms with Crippen molar-refractivity contribution in [1.82, 2.24) is 5.43 Å². The fraction of sp³-hybridized carbons (Fsp3) is 0.385. The molecule has 0 unspecified atom stereocenters. The van der Waals surface area contributed by atoms with Gasteiger partial charge in [-0.1, -0.05) is 48.8 Å². The number of aliphatic imine (C=N–C) groups is 1. The zero-order valence-electron chi connectivity index (χ0n) is 10.9. The molecule has 0 aromatic heterocycles. The molecule has 0 aliphatic rings. The van der Waals surface area contributed by atoms with Crippen molar-refractivity contribution in [2.45, 2.75) is 19.8 Å². The van der Waals surface area contributed by atoms with Crippen LogP contribution in [0.1, 0.15) is 25.3 Å². The van der Waals surface area contributed by atoms with Gasteiger partial charge in [0.25, 0.3) is 0 Å². The van der Waals surface area contributed by atoms with E-state index in [0.29, 0.717) is 0 Å². The lowest BCUT2D eigenvalue weighted by molar-refractivity contribution is 0.954. The minimum atomic E-state index is 0.738. The molecule has 0 bridgehead atoms.